The molecule has 0 unspecified atom stereocenters. The molecule has 3 rings (SSSR count). The number of halogens is 2. The monoisotopic (exact) mass is 430 g/mol. The fourth-order valence-electron chi connectivity index (χ4n) is 2.30. The summed E-state index contributed by atoms with van der Waals surface area (Å²) >= 11 is 13.6. The highest BCUT2D eigenvalue weighted by molar-refractivity contribution is 7.98. The average molecular weight is 431 g/mol. The summed E-state index contributed by atoms with van der Waals surface area (Å²) < 4.78 is 0. The van der Waals surface area contributed by atoms with E-state index < -0.39 is 0 Å². The first-order chi connectivity index (χ1) is 13.5. The molecule has 1 N–H and O–H groups in total. The van der Waals surface area contributed by atoms with E-state index in [4.69, 9.17) is 23.2 Å². The first-order valence-electron chi connectivity index (χ1n) is 8.32. The molecule has 0 radical (unpaired) electrons. The Kier molecular flexibility index (Phi) is 7.03. The Bertz CT molecular complexity index is 995. The maximum Gasteiger partial charge on any atom is 0.271 e. The number of thioether (sulfide) groups is 1. The summed E-state index contributed by atoms with van der Waals surface area (Å²) in [5.74, 6) is 0.424. The molecule has 0 aliphatic carbocycles. The van der Waals surface area contributed by atoms with Gasteiger partial charge >= 0.3 is 0 Å². The van der Waals surface area contributed by atoms with Crippen LogP contribution in [0.15, 0.2) is 71.2 Å². The Morgan fingerprint density at radius 2 is 1.82 bits per heavy atom. The Hall–Kier alpha value is -2.41. The SMILES string of the molecule is C/C(=N\NC(=O)c1ccc(CSc2ncccn2)cc1)c1ccc(Cl)cc1Cl. The molecule has 28 heavy (non-hydrogen) atoms. The Morgan fingerprint density at radius 3 is 2.50 bits per heavy atom. The van der Waals surface area contributed by atoms with Gasteiger partial charge < -0.3 is 0 Å². The third-order valence-electron chi connectivity index (χ3n) is 3.77. The van der Waals surface area contributed by atoms with Gasteiger partial charge in [0.15, 0.2) is 5.16 Å². The van der Waals surface area contributed by atoms with E-state index in [0.717, 1.165) is 16.5 Å². The van der Waals surface area contributed by atoms with Crippen LogP contribution in [0.25, 0.3) is 0 Å². The van der Waals surface area contributed by atoms with E-state index >= 15 is 0 Å². The lowest BCUT2D eigenvalue weighted by molar-refractivity contribution is 0.0955. The van der Waals surface area contributed by atoms with Crippen molar-refractivity contribution in [1.82, 2.24) is 15.4 Å². The zero-order chi connectivity index (χ0) is 19.9. The maximum atomic E-state index is 12.3. The Morgan fingerprint density at radius 1 is 1.11 bits per heavy atom. The van der Waals surface area contributed by atoms with Crippen LogP contribution in [0.3, 0.4) is 0 Å². The fraction of sp³-hybridized carbons (Fsp3) is 0.100. The molecule has 0 aliphatic rings. The topological polar surface area (TPSA) is 67.2 Å². The lowest BCUT2D eigenvalue weighted by Gasteiger charge is -2.06. The highest BCUT2D eigenvalue weighted by Gasteiger charge is 2.08. The van der Waals surface area contributed by atoms with Gasteiger partial charge in [0.25, 0.3) is 5.91 Å². The summed E-state index contributed by atoms with van der Waals surface area (Å²) in [5, 5.41) is 5.87. The van der Waals surface area contributed by atoms with Crippen molar-refractivity contribution in [2.45, 2.75) is 17.8 Å². The minimum atomic E-state index is -0.296. The summed E-state index contributed by atoms with van der Waals surface area (Å²) in [6.45, 7) is 1.77. The number of nitrogens with one attached hydrogen (secondary N) is 1. The van der Waals surface area contributed by atoms with E-state index in [-0.39, 0.29) is 5.91 Å². The van der Waals surface area contributed by atoms with Crippen molar-refractivity contribution in [3.05, 3.63) is 87.7 Å². The van der Waals surface area contributed by atoms with Crippen molar-refractivity contribution in [2.75, 3.05) is 0 Å². The average Bonchev–Trinajstić information content (AvgIpc) is 2.71. The van der Waals surface area contributed by atoms with E-state index in [9.17, 15) is 4.79 Å². The molecule has 0 bridgehead atoms. The number of rotatable bonds is 6. The van der Waals surface area contributed by atoms with Gasteiger partial charge in [-0.25, -0.2) is 15.4 Å². The predicted molar refractivity (Wildman–Crippen MR) is 114 cm³/mol. The lowest BCUT2D eigenvalue weighted by atomic mass is 10.1. The zero-order valence-corrected chi connectivity index (χ0v) is 17.2. The molecule has 1 amide bonds. The molecule has 142 valence electrons. The highest BCUT2D eigenvalue weighted by Crippen LogP contribution is 2.21. The van der Waals surface area contributed by atoms with Gasteiger partial charge in [0.05, 0.1) is 10.7 Å². The first-order valence-corrected chi connectivity index (χ1v) is 10.1. The normalized spacial score (nSPS) is 11.3. The predicted octanol–water partition coefficient (Wildman–Crippen LogP) is 5.23. The minimum absolute atomic E-state index is 0.296. The van der Waals surface area contributed by atoms with Crippen molar-refractivity contribution in [2.24, 2.45) is 5.10 Å². The van der Waals surface area contributed by atoms with Crippen molar-refractivity contribution in [1.29, 1.82) is 0 Å². The largest absolute Gasteiger partial charge is 0.271 e. The van der Waals surface area contributed by atoms with Crippen LogP contribution >= 0.6 is 35.0 Å². The maximum absolute atomic E-state index is 12.3. The number of carbonyl (C=O) groups excluding carboxylic acids is 1. The molecule has 0 spiro atoms. The van der Waals surface area contributed by atoms with Crippen LogP contribution in [-0.2, 0) is 5.75 Å². The minimum Gasteiger partial charge on any atom is -0.267 e. The number of benzene rings is 2. The number of aromatic nitrogens is 2. The van der Waals surface area contributed by atoms with E-state index in [1.54, 1.807) is 55.7 Å². The third kappa shape index (κ3) is 5.55. The fourth-order valence-corrected chi connectivity index (χ4v) is 3.61. The van der Waals surface area contributed by atoms with E-state index in [1.165, 1.54) is 11.8 Å². The van der Waals surface area contributed by atoms with Gasteiger partial charge in [-0.2, -0.15) is 5.10 Å². The number of amides is 1. The molecule has 3 aromatic rings. The summed E-state index contributed by atoms with van der Waals surface area (Å²) in [5.41, 5.74) is 5.44. The van der Waals surface area contributed by atoms with Gasteiger partial charge in [0.1, 0.15) is 0 Å². The molecule has 1 heterocycles. The lowest BCUT2D eigenvalue weighted by Crippen LogP contribution is -2.19. The molecule has 8 heteroatoms. The molecule has 0 saturated carbocycles. The summed E-state index contributed by atoms with van der Waals surface area (Å²) in [6, 6.07) is 14.2. The van der Waals surface area contributed by atoms with Crippen molar-refractivity contribution >= 4 is 46.6 Å². The molecule has 0 saturated heterocycles. The molecule has 2 aromatic carbocycles. The molecule has 0 fully saturated rings. The number of nitrogens with zero attached hydrogens (tertiary/aromatic N) is 3. The van der Waals surface area contributed by atoms with Gasteiger partial charge in [-0.1, -0.05) is 53.2 Å². The second-order valence-corrected chi connectivity index (χ2v) is 7.57. The van der Waals surface area contributed by atoms with Crippen molar-refractivity contribution in [3.63, 3.8) is 0 Å². The van der Waals surface area contributed by atoms with Gasteiger partial charge in [0.2, 0.25) is 0 Å². The van der Waals surface area contributed by atoms with Gasteiger partial charge in [-0.3, -0.25) is 4.79 Å². The molecular weight excluding hydrogens is 415 g/mol. The standard InChI is InChI=1S/C20H16Cl2N4OS/c1-13(17-8-7-16(21)11-18(17)22)25-26-19(27)15-5-3-14(4-6-15)12-28-20-23-9-2-10-24-20/h2-11H,12H2,1H3,(H,26,27)/b25-13+. The Labute approximate surface area is 177 Å². The number of hydrazone groups is 1. The highest BCUT2D eigenvalue weighted by atomic mass is 35.5. The van der Waals surface area contributed by atoms with Crippen LogP contribution in [0.4, 0.5) is 0 Å². The van der Waals surface area contributed by atoms with Crippen LogP contribution in [0.5, 0.6) is 0 Å². The molecular formula is C20H16Cl2N4OS. The molecule has 0 aliphatic heterocycles. The van der Waals surface area contributed by atoms with E-state index in [0.29, 0.717) is 26.9 Å². The summed E-state index contributed by atoms with van der Waals surface area (Å²) in [6.07, 6.45) is 3.42. The number of hydrogen-bond donors (Lipinski definition) is 1. The van der Waals surface area contributed by atoms with E-state index in [1.807, 2.05) is 12.1 Å². The third-order valence-corrected chi connectivity index (χ3v) is 5.27. The second-order valence-electron chi connectivity index (χ2n) is 5.78. The molecule has 0 atom stereocenters. The number of hydrogen-bond acceptors (Lipinski definition) is 5. The number of carbonyl (C=O) groups is 1. The van der Waals surface area contributed by atoms with Crippen LogP contribution in [0, 0.1) is 0 Å². The van der Waals surface area contributed by atoms with Crippen LogP contribution in [0.2, 0.25) is 10.0 Å². The van der Waals surface area contributed by atoms with E-state index in [2.05, 4.69) is 20.5 Å². The molecule has 5 nitrogen and oxygen atoms in total. The first kappa shape index (κ1) is 20.3. The Balaban J connectivity index is 1.59. The van der Waals surface area contributed by atoms with Crippen LogP contribution in [0.1, 0.15) is 28.4 Å². The van der Waals surface area contributed by atoms with Crippen molar-refractivity contribution in [3.8, 4) is 0 Å². The van der Waals surface area contributed by atoms with Crippen LogP contribution < -0.4 is 5.43 Å². The smallest absolute Gasteiger partial charge is 0.267 e. The summed E-state index contributed by atoms with van der Waals surface area (Å²) in [4.78, 5) is 20.7. The van der Waals surface area contributed by atoms with Gasteiger partial charge in [-0.15, -0.1) is 0 Å². The zero-order valence-electron chi connectivity index (χ0n) is 14.9. The summed E-state index contributed by atoms with van der Waals surface area (Å²) in [7, 11) is 0. The van der Waals surface area contributed by atoms with Gasteiger partial charge in [0, 0.05) is 34.3 Å². The molecule has 1 aromatic heterocycles. The van der Waals surface area contributed by atoms with Crippen molar-refractivity contribution < 1.29 is 4.79 Å². The second kappa shape index (κ2) is 9.68. The quantitative estimate of drug-likeness (QED) is 0.251. The van der Waals surface area contributed by atoms with Crippen LogP contribution in [-0.4, -0.2) is 21.6 Å². The van der Waals surface area contributed by atoms with Gasteiger partial charge in [-0.05, 0) is 42.8 Å².